The van der Waals surface area contributed by atoms with Crippen LogP contribution in [0.25, 0.3) is 74.4 Å². The first-order valence-corrected chi connectivity index (χ1v) is 34.1. The van der Waals surface area contributed by atoms with Gasteiger partial charge in [-0.25, -0.2) is 0 Å². The van der Waals surface area contributed by atoms with Crippen LogP contribution >= 0.6 is 0 Å². The highest BCUT2D eigenvalue weighted by Gasteiger charge is 2.42. The lowest BCUT2D eigenvalue weighted by Gasteiger charge is -2.33. The number of aromatic nitrogens is 2. The molecule has 0 saturated heterocycles. The third-order valence-corrected chi connectivity index (χ3v) is 22.3. The van der Waals surface area contributed by atoms with Crippen LogP contribution in [0.4, 0.5) is 28.4 Å². The summed E-state index contributed by atoms with van der Waals surface area (Å²) in [6, 6.07) is 75.9. The molecule has 9 aromatic carbocycles. The number of hydrogen-bond donors (Lipinski definition) is 0. The average molecular weight is 1230 g/mol. The Labute approximate surface area is 562 Å². The molecular weight excluding hydrogens is 1150 g/mol. The van der Waals surface area contributed by atoms with Crippen LogP contribution in [0, 0.1) is 0 Å². The van der Waals surface area contributed by atoms with Crippen LogP contribution in [0.2, 0.25) is 0 Å². The molecule has 1 atom stereocenters. The maximum absolute atomic E-state index is 4.44. The quantitative estimate of drug-likeness (QED) is 0.114. The fraction of sp³-hybridized carbons (Fsp3) is 0.209. The molecule has 1 unspecified atom stereocenters. The highest BCUT2D eigenvalue weighted by molar-refractivity contribution is 5.93. The molecule has 2 heterocycles. The number of rotatable bonds is 12. The number of fused-ring (bicyclic) bond motifs is 13. The second kappa shape index (κ2) is 22.0. The fourth-order valence-corrected chi connectivity index (χ4v) is 17.2. The van der Waals surface area contributed by atoms with Gasteiger partial charge in [0.05, 0.1) is 0 Å². The van der Waals surface area contributed by atoms with Gasteiger partial charge < -0.3 is 9.80 Å². The van der Waals surface area contributed by atoms with Crippen molar-refractivity contribution in [2.45, 2.75) is 123 Å². The molecule has 5 aliphatic carbocycles. The third-order valence-electron chi connectivity index (χ3n) is 22.3. The lowest BCUT2D eigenvalue weighted by Crippen LogP contribution is -2.29. The minimum atomic E-state index is -0.217. The molecule has 5 aliphatic rings. The summed E-state index contributed by atoms with van der Waals surface area (Å²) in [5, 5.41) is 0. The van der Waals surface area contributed by atoms with Crippen molar-refractivity contribution >= 4 is 58.3 Å². The molecule has 0 spiro atoms. The summed E-state index contributed by atoms with van der Waals surface area (Å²) in [5.74, 6) is 0. The van der Waals surface area contributed by atoms with Crippen molar-refractivity contribution in [1.82, 2.24) is 9.97 Å². The van der Waals surface area contributed by atoms with E-state index >= 15 is 0 Å². The first kappa shape index (κ1) is 59.8. The summed E-state index contributed by atoms with van der Waals surface area (Å²) >= 11 is 0. The molecule has 0 bridgehead atoms. The van der Waals surface area contributed by atoms with Crippen molar-refractivity contribution in [2.75, 3.05) is 9.80 Å². The molecule has 0 amide bonds. The van der Waals surface area contributed by atoms with Crippen molar-refractivity contribution in [3.05, 3.63) is 321 Å². The highest BCUT2D eigenvalue weighted by atomic mass is 15.2. The van der Waals surface area contributed by atoms with E-state index in [-0.39, 0.29) is 33.1 Å². The number of hydrogen-bond acceptors (Lipinski definition) is 4. The number of benzene rings is 9. The monoisotopic (exact) mass is 1230 g/mol. The second-order valence-electron chi connectivity index (χ2n) is 29.8. The van der Waals surface area contributed by atoms with Crippen LogP contribution in [-0.2, 0) is 27.1 Å². The second-order valence-corrected chi connectivity index (χ2v) is 29.8. The summed E-state index contributed by atoms with van der Waals surface area (Å²) in [4.78, 5) is 13.8. The molecule has 0 saturated carbocycles. The van der Waals surface area contributed by atoms with Gasteiger partial charge in [-0.2, -0.15) is 0 Å². The van der Waals surface area contributed by atoms with E-state index in [0.717, 1.165) is 29.2 Å². The van der Waals surface area contributed by atoms with Crippen LogP contribution in [-0.4, -0.2) is 16.0 Å². The van der Waals surface area contributed by atoms with E-state index in [1.807, 2.05) is 24.8 Å². The Balaban J connectivity index is 0.630. The zero-order valence-electron chi connectivity index (χ0n) is 56.9. The van der Waals surface area contributed by atoms with Gasteiger partial charge in [0.25, 0.3) is 0 Å². The number of anilines is 5. The van der Waals surface area contributed by atoms with Gasteiger partial charge in [-0.15, -0.1) is 0 Å². The molecule has 11 aromatic rings. The Morgan fingerprint density at radius 3 is 1.07 bits per heavy atom. The molecule has 2 aromatic heterocycles. The zero-order chi connectivity index (χ0) is 65.5. The minimum absolute atomic E-state index is 0.0572. The Bertz CT molecular complexity index is 5100. The van der Waals surface area contributed by atoms with Crippen LogP contribution in [0.5, 0.6) is 0 Å². The van der Waals surface area contributed by atoms with Crippen LogP contribution in [0.3, 0.4) is 0 Å². The number of pyridine rings is 2. The van der Waals surface area contributed by atoms with Gasteiger partial charge in [-0.3, -0.25) is 9.97 Å². The standard InChI is InChI=1S/C91H82N4/c1-13-18-67-68-19-14-16-21-77(68)87(3,4)79(67)49-57(2)94(62-41-45-92-46-42-62)64-31-38-75-72-36-29-60(52-82(72)90(9,10)85(75)54-64)25-23-58-27-34-70-71-35-28-59(51-81(71)89(7,8)80(70)50-58)24-26-61-30-37-73-76-40-33-66(56-86(76)91(11,12)83(73)53-61)95(63-43-47-93-48-44-63)65-32-39-74-69-20-15-17-22-78(69)88(5,6)84(74)55-65/h14-57H,13H2,1-12H3/b25-23+,26-24+,67-18?,79-49+. The first-order valence-electron chi connectivity index (χ1n) is 34.1. The SMILES string of the molecule is CCC=C1/C(=C\C(C)N(c2ccncc2)c2ccc3c(c2)C(C)(C)c2cc(/C=C/c4ccc5c(c4)C(C)(C)c4cc(/C=C/c6ccc7c(c6)C(C)(C)c6cc(N(c8ccncc8)c8ccc9c(c8)C(C)(C)c8ccccc8-9)ccc6-7)ccc4-5)ccc2-3)C(C)(C)c2ccccc21. The summed E-state index contributed by atoms with van der Waals surface area (Å²) in [6.45, 7) is 28.4. The van der Waals surface area contributed by atoms with Gasteiger partial charge in [-0.1, -0.05) is 252 Å². The number of nitrogens with zero attached hydrogens (tertiary/aromatic N) is 4. The smallest absolute Gasteiger partial charge is 0.0500 e. The molecular formula is C91H82N4. The van der Waals surface area contributed by atoms with Crippen LogP contribution < -0.4 is 9.80 Å². The van der Waals surface area contributed by atoms with E-state index in [9.17, 15) is 0 Å². The normalized spacial score (nSPS) is 17.4. The average Bonchev–Trinajstić information content (AvgIpc) is 1.61. The Morgan fingerprint density at radius 2 is 0.653 bits per heavy atom. The van der Waals surface area contributed by atoms with Crippen molar-refractivity contribution in [1.29, 1.82) is 0 Å². The molecule has 0 radical (unpaired) electrons. The molecule has 0 N–H and O–H groups in total. The topological polar surface area (TPSA) is 32.3 Å². The van der Waals surface area contributed by atoms with Gasteiger partial charge in [0, 0.05) is 86.3 Å². The Hall–Kier alpha value is -10.2. The van der Waals surface area contributed by atoms with Crippen molar-refractivity contribution in [3.8, 4) is 44.5 Å². The summed E-state index contributed by atoms with van der Waals surface area (Å²) in [6.07, 6.45) is 22.7. The lowest BCUT2D eigenvalue weighted by molar-refractivity contribution is 0.651. The Kier molecular flexibility index (Phi) is 13.8. The van der Waals surface area contributed by atoms with Gasteiger partial charge in [0.15, 0.2) is 0 Å². The van der Waals surface area contributed by atoms with E-state index in [1.54, 1.807) is 0 Å². The minimum Gasteiger partial charge on any atom is -0.335 e. The predicted octanol–water partition coefficient (Wildman–Crippen LogP) is 23.8. The van der Waals surface area contributed by atoms with Crippen molar-refractivity contribution < 1.29 is 0 Å². The van der Waals surface area contributed by atoms with Gasteiger partial charge in [0.1, 0.15) is 0 Å². The van der Waals surface area contributed by atoms with Gasteiger partial charge in [-0.05, 0) is 208 Å². The molecule has 0 fully saturated rings. The first-order chi connectivity index (χ1) is 45.7. The van der Waals surface area contributed by atoms with E-state index < -0.39 is 0 Å². The molecule has 4 nitrogen and oxygen atoms in total. The summed E-state index contributed by atoms with van der Waals surface area (Å²) < 4.78 is 0. The van der Waals surface area contributed by atoms with E-state index in [4.69, 9.17) is 0 Å². The van der Waals surface area contributed by atoms with Crippen molar-refractivity contribution in [2.24, 2.45) is 0 Å². The third kappa shape index (κ3) is 9.44. The molecule has 95 heavy (non-hydrogen) atoms. The highest BCUT2D eigenvalue weighted by Crippen LogP contribution is 2.57. The largest absolute Gasteiger partial charge is 0.335 e. The summed E-state index contributed by atoms with van der Waals surface area (Å²) in [5.41, 5.74) is 36.6. The summed E-state index contributed by atoms with van der Waals surface area (Å²) in [7, 11) is 0. The van der Waals surface area contributed by atoms with E-state index in [2.05, 4.69) is 339 Å². The lowest BCUT2D eigenvalue weighted by atomic mass is 9.81. The van der Waals surface area contributed by atoms with Crippen LogP contribution in [0.1, 0.15) is 167 Å². The van der Waals surface area contributed by atoms with E-state index in [0.29, 0.717) is 0 Å². The molecule has 0 aliphatic heterocycles. The van der Waals surface area contributed by atoms with Crippen LogP contribution in [0.15, 0.2) is 243 Å². The fourth-order valence-electron chi connectivity index (χ4n) is 17.2. The zero-order valence-corrected chi connectivity index (χ0v) is 56.9. The number of allylic oxidation sites excluding steroid dienone is 3. The molecule has 4 heteroatoms. The maximum atomic E-state index is 4.44. The van der Waals surface area contributed by atoms with Crippen molar-refractivity contribution in [3.63, 3.8) is 0 Å². The molecule has 466 valence electrons. The molecule has 16 rings (SSSR count). The van der Waals surface area contributed by atoms with E-state index in [1.165, 1.54) is 139 Å². The predicted molar refractivity (Wildman–Crippen MR) is 402 cm³/mol. The maximum Gasteiger partial charge on any atom is 0.0500 e. The Morgan fingerprint density at radius 1 is 0.326 bits per heavy atom. The van der Waals surface area contributed by atoms with Gasteiger partial charge >= 0.3 is 0 Å². The van der Waals surface area contributed by atoms with Gasteiger partial charge in [0.2, 0.25) is 0 Å².